The first kappa shape index (κ1) is 24.8. The normalized spacial score (nSPS) is 17.3. The summed E-state index contributed by atoms with van der Waals surface area (Å²) >= 11 is 0. The zero-order valence-electron chi connectivity index (χ0n) is 23.0. The number of hydrogen-bond acceptors (Lipinski definition) is 8. The number of H-pyrrole nitrogens is 1. The lowest BCUT2D eigenvalue weighted by atomic mass is 9.77. The van der Waals surface area contributed by atoms with Crippen LogP contribution in [0, 0.1) is 5.41 Å². The van der Waals surface area contributed by atoms with Crippen LogP contribution in [0.3, 0.4) is 0 Å². The molecule has 0 bridgehead atoms. The second kappa shape index (κ2) is 10.1. The van der Waals surface area contributed by atoms with E-state index >= 15 is 0 Å². The quantitative estimate of drug-likeness (QED) is 0.322. The van der Waals surface area contributed by atoms with E-state index in [1.165, 1.54) is 24.8 Å². The number of nitrogens with one attached hydrogen (secondary N) is 1. The monoisotopic (exact) mass is 538 g/mol. The van der Waals surface area contributed by atoms with Crippen molar-refractivity contribution in [3.05, 3.63) is 60.7 Å². The van der Waals surface area contributed by atoms with Crippen LogP contribution in [0.15, 0.2) is 55.1 Å². The van der Waals surface area contributed by atoms with Crippen LogP contribution in [0.2, 0.25) is 0 Å². The number of ether oxygens (including phenoxy) is 2. The topological polar surface area (TPSA) is 96.7 Å². The van der Waals surface area contributed by atoms with E-state index in [2.05, 4.69) is 54.3 Å². The minimum atomic E-state index is 0.373. The molecule has 0 unspecified atom stereocenters. The number of anilines is 1. The molecule has 0 atom stereocenters. The van der Waals surface area contributed by atoms with Gasteiger partial charge in [-0.25, -0.2) is 14.5 Å². The SMILES string of the molecule is CCOc1cc(-c2ccc(N3CCC4(CCN(Cc5ccc(OC)nc5)CC4)C3)nc2)c2c3cn[nH]c3nn2c1. The molecule has 5 aromatic heterocycles. The van der Waals surface area contributed by atoms with E-state index in [1.54, 1.807) is 7.11 Å². The molecule has 206 valence electrons. The first-order valence-electron chi connectivity index (χ1n) is 14.0. The summed E-state index contributed by atoms with van der Waals surface area (Å²) in [5.74, 6) is 2.49. The number of nitrogens with zero attached hydrogens (tertiary/aromatic N) is 7. The fraction of sp³-hybridized carbons (Fsp3) is 0.400. The summed E-state index contributed by atoms with van der Waals surface area (Å²) in [4.78, 5) is 14.3. The lowest BCUT2D eigenvalue weighted by Crippen LogP contribution is -2.41. The third-order valence-electron chi connectivity index (χ3n) is 8.56. The Bertz CT molecular complexity index is 1620. The highest BCUT2D eigenvalue weighted by atomic mass is 16.5. The highest BCUT2D eigenvalue weighted by molar-refractivity contribution is 6.00. The molecule has 0 saturated carbocycles. The Balaban J connectivity index is 1.05. The molecular weight excluding hydrogens is 504 g/mol. The lowest BCUT2D eigenvalue weighted by Gasteiger charge is -2.39. The molecule has 5 aromatic rings. The van der Waals surface area contributed by atoms with Crippen LogP contribution in [-0.2, 0) is 6.54 Å². The fourth-order valence-electron chi connectivity index (χ4n) is 6.35. The van der Waals surface area contributed by atoms with Crippen LogP contribution < -0.4 is 14.4 Å². The molecule has 7 rings (SSSR count). The summed E-state index contributed by atoms with van der Waals surface area (Å²) < 4.78 is 12.9. The minimum absolute atomic E-state index is 0.373. The molecule has 0 aromatic carbocycles. The number of pyridine rings is 3. The van der Waals surface area contributed by atoms with Gasteiger partial charge in [-0.3, -0.25) is 10.00 Å². The summed E-state index contributed by atoms with van der Waals surface area (Å²) in [5.41, 5.74) is 5.44. The molecule has 1 spiro atoms. The molecule has 7 heterocycles. The third kappa shape index (κ3) is 4.52. The van der Waals surface area contributed by atoms with Gasteiger partial charge < -0.3 is 14.4 Å². The third-order valence-corrected chi connectivity index (χ3v) is 8.56. The van der Waals surface area contributed by atoms with Gasteiger partial charge in [0.2, 0.25) is 5.88 Å². The first-order chi connectivity index (χ1) is 19.6. The van der Waals surface area contributed by atoms with Gasteiger partial charge in [0.25, 0.3) is 0 Å². The Morgan fingerprint density at radius 1 is 1.00 bits per heavy atom. The number of methoxy groups -OCH3 is 1. The number of aromatic nitrogens is 6. The molecule has 2 saturated heterocycles. The van der Waals surface area contributed by atoms with Crippen molar-refractivity contribution in [3.8, 4) is 22.8 Å². The molecule has 2 aliphatic rings. The van der Waals surface area contributed by atoms with Crippen molar-refractivity contribution in [3.63, 3.8) is 0 Å². The van der Waals surface area contributed by atoms with Crippen LogP contribution in [0.4, 0.5) is 5.82 Å². The van der Waals surface area contributed by atoms with Gasteiger partial charge in [-0.2, -0.15) is 5.10 Å². The van der Waals surface area contributed by atoms with Crippen molar-refractivity contribution in [2.24, 2.45) is 5.41 Å². The second-order valence-electron chi connectivity index (χ2n) is 11.0. The second-order valence-corrected chi connectivity index (χ2v) is 11.0. The molecule has 10 nitrogen and oxygen atoms in total. The highest BCUT2D eigenvalue weighted by Crippen LogP contribution is 2.42. The Morgan fingerprint density at radius 3 is 2.62 bits per heavy atom. The van der Waals surface area contributed by atoms with Gasteiger partial charge in [0.15, 0.2) is 5.65 Å². The zero-order valence-corrected chi connectivity index (χ0v) is 23.0. The van der Waals surface area contributed by atoms with Crippen LogP contribution in [-0.4, -0.2) is 74.6 Å². The molecule has 0 amide bonds. The zero-order chi connectivity index (χ0) is 27.1. The minimum Gasteiger partial charge on any atom is -0.492 e. The van der Waals surface area contributed by atoms with E-state index in [0.29, 0.717) is 17.9 Å². The van der Waals surface area contributed by atoms with Crippen molar-refractivity contribution in [1.29, 1.82) is 0 Å². The summed E-state index contributed by atoms with van der Waals surface area (Å²) in [6.45, 7) is 7.88. The van der Waals surface area contributed by atoms with Crippen LogP contribution in [0.25, 0.3) is 27.7 Å². The van der Waals surface area contributed by atoms with E-state index in [4.69, 9.17) is 14.5 Å². The van der Waals surface area contributed by atoms with Crippen molar-refractivity contribution >= 4 is 22.4 Å². The Labute approximate surface area is 232 Å². The van der Waals surface area contributed by atoms with Gasteiger partial charge in [0, 0.05) is 49.2 Å². The van der Waals surface area contributed by atoms with Gasteiger partial charge >= 0.3 is 0 Å². The number of fused-ring (bicyclic) bond motifs is 3. The van der Waals surface area contributed by atoms with Crippen molar-refractivity contribution in [1.82, 2.24) is 34.7 Å². The fourth-order valence-corrected chi connectivity index (χ4v) is 6.35. The maximum Gasteiger partial charge on any atom is 0.212 e. The Morgan fingerprint density at radius 2 is 1.88 bits per heavy atom. The van der Waals surface area contributed by atoms with Crippen molar-refractivity contribution < 1.29 is 9.47 Å². The molecule has 2 aliphatic heterocycles. The number of piperidine rings is 1. The standard InChI is InChI=1S/C30H34N8O2/c1-3-40-23-14-24(28-25-17-33-34-29(25)35-38(28)19-23)22-5-6-26(31-16-22)37-13-10-30(20-37)8-11-36(12-9-30)18-21-4-7-27(39-2)32-15-21/h4-7,14-17,19H,3,8-13,18,20H2,1-2H3,(H,34,35). The van der Waals surface area contributed by atoms with Crippen molar-refractivity contribution in [2.75, 3.05) is 44.8 Å². The molecule has 0 radical (unpaired) electrons. The van der Waals surface area contributed by atoms with E-state index in [0.717, 1.165) is 72.0 Å². The summed E-state index contributed by atoms with van der Waals surface area (Å²) in [5, 5.41) is 12.8. The maximum absolute atomic E-state index is 5.84. The molecule has 1 N–H and O–H groups in total. The molecule has 10 heteroatoms. The van der Waals surface area contributed by atoms with E-state index < -0.39 is 0 Å². The van der Waals surface area contributed by atoms with E-state index in [1.807, 2.05) is 42.3 Å². The Kier molecular flexibility index (Phi) is 6.27. The van der Waals surface area contributed by atoms with E-state index in [-0.39, 0.29) is 0 Å². The van der Waals surface area contributed by atoms with E-state index in [9.17, 15) is 0 Å². The predicted molar refractivity (Wildman–Crippen MR) is 154 cm³/mol. The van der Waals surface area contributed by atoms with Crippen molar-refractivity contribution in [2.45, 2.75) is 32.7 Å². The van der Waals surface area contributed by atoms with Gasteiger partial charge in [-0.1, -0.05) is 6.07 Å². The molecular formula is C30H34N8O2. The molecule has 2 fully saturated rings. The smallest absolute Gasteiger partial charge is 0.212 e. The number of hydrogen-bond donors (Lipinski definition) is 1. The largest absolute Gasteiger partial charge is 0.492 e. The predicted octanol–water partition coefficient (Wildman–Crippen LogP) is 4.57. The van der Waals surface area contributed by atoms with Gasteiger partial charge in [-0.05, 0) is 68.5 Å². The summed E-state index contributed by atoms with van der Waals surface area (Å²) in [6, 6.07) is 10.5. The maximum atomic E-state index is 5.84. The van der Waals surface area contributed by atoms with Crippen LogP contribution >= 0.6 is 0 Å². The Hall–Kier alpha value is -4.18. The number of likely N-dealkylation sites (tertiary alicyclic amines) is 1. The molecule has 40 heavy (non-hydrogen) atoms. The summed E-state index contributed by atoms with van der Waals surface area (Å²) in [6.07, 6.45) is 11.3. The average Bonchev–Trinajstić information content (AvgIpc) is 3.70. The average molecular weight is 539 g/mol. The summed E-state index contributed by atoms with van der Waals surface area (Å²) in [7, 11) is 1.65. The van der Waals surface area contributed by atoms with Crippen LogP contribution in [0.1, 0.15) is 31.7 Å². The van der Waals surface area contributed by atoms with Gasteiger partial charge in [0.05, 0.1) is 37.0 Å². The van der Waals surface area contributed by atoms with Gasteiger partial charge in [-0.15, -0.1) is 5.10 Å². The van der Waals surface area contributed by atoms with Gasteiger partial charge in [0.1, 0.15) is 11.6 Å². The highest BCUT2D eigenvalue weighted by Gasteiger charge is 2.41. The first-order valence-corrected chi connectivity index (χ1v) is 14.0. The molecule has 0 aliphatic carbocycles. The number of aromatic amines is 1. The number of rotatable bonds is 7. The lowest BCUT2D eigenvalue weighted by molar-refractivity contribution is 0.115. The van der Waals surface area contributed by atoms with Crippen LogP contribution in [0.5, 0.6) is 11.6 Å².